The zero-order valence-corrected chi connectivity index (χ0v) is 14.2. The quantitative estimate of drug-likeness (QED) is 0.852. The number of Topliss-reactive ketones (excluding diaryl/α,β-unsaturated/α-hetero) is 1. The number of carbonyl (C=O) groups is 1. The van der Waals surface area contributed by atoms with Crippen LogP contribution in [0.3, 0.4) is 0 Å². The van der Waals surface area contributed by atoms with Crippen molar-refractivity contribution in [3.8, 4) is 0 Å². The molecule has 0 saturated heterocycles. The number of aromatic amines is 1. The molecule has 1 fully saturated rings. The van der Waals surface area contributed by atoms with E-state index in [-0.39, 0.29) is 17.9 Å². The summed E-state index contributed by atoms with van der Waals surface area (Å²) in [5.74, 6) is 0.497. The van der Waals surface area contributed by atoms with E-state index in [2.05, 4.69) is 16.5 Å². The molecule has 2 aromatic rings. The molecule has 0 spiro atoms. The summed E-state index contributed by atoms with van der Waals surface area (Å²) >= 11 is 0. The second-order valence-corrected chi connectivity index (χ2v) is 6.07. The van der Waals surface area contributed by atoms with Crippen molar-refractivity contribution in [2.45, 2.75) is 33.0 Å². The Morgan fingerprint density at radius 1 is 1.20 bits per heavy atom. The molecule has 0 amide bonds. The number of ether oxygens (including phenoxy) is 1. The van der Waals surface area contributed by atoms with Gasteiger partial charge >= 0.3 is 0 Å². The van der Waals surface area contributed by atoms with Crippen molar-refractivity contribution in [1.29, 1.82) is 0 Å². The Morgan fingerprint density at radius 3 is 2.60 bits per heavy atom. The molecule has 0 unspecified atom stereocenters. The second kappa shape index (κ2) is 7.40. The van der Waals surface area contributed by atoms with Crippen LogP contribution in [0.1, 0.15) is 35.5 Å². The van der Waals surface area contributed by atoms with Crippen molar-refractivity contribution in [2.75, 3.05) is 0 Å². The van der Waals surface area contributed by atoms with E-state index in [0.717, 1.165) is 11.1 Å². The first-order valence-corrected chi connectivity index (χ1v) is 8.19. The van der Waals surface area contributed by atoms with Crippen molar-refractivity contribution in [3.05, 3.63) is 81.1 Å². The van der Waals surface area contributed by atoms with Crippen LogP contribution in [0.5, 0.6) is 0 Å². The van der Waals surface area contributed by atoms with Gasteiger partial charge in [-0.25, -0.2) is 4.98 Å². The molecule has 0 aliphatic heterocycles. The number of allylic oxidation sites excluding steroid dienone is 2. The highest BCUT2D eigenvalue weighted by Crippen LogP contribution is 2.27. The number of nitrogens with one attached hydrogen (secondary N) is 1. The smallest absolute Gasteiger partial charge is 0.258 e. The number of aryl methyl sites for hydroxylation is 1. The number of rotatable bonds is 5. The zero-order chi connectivity index (χ0) is 17.8. The molecule has 1 N–H and O–H groups in total. The first-order chi connectivity index (χ1) is 12.0. The molecule has 1 saturated carbocycles. The summed E-state index contributed by atoms with van der Waals surface area (Å²) in [4.78, 5) is 31.4. The average molecular weight is 336 g/mol. The molecule has 5 heteroatoms. The van der Waals surface area contributed by atoms with Gasteiger partial charge in [0.05, 0.1) is 17.9 Å². The maximum Gasteiger partial charge on any atom is 0.258 e. The Morgan fingerprint density at radius 2 is 1.96 bits per heavy atom. The summed E-state index contributed by atoms with van der Waals surface area (Å²) in [5, 5.41) is 0. The molecule has 1 aromatic carbocycles. The number of nitrogens with zero attached hydrogens (tertiary/aromatic N) is 1. The van der Waals surface area contributed by atoms with Crippen LogP contribution >= 0.6 is 0 Å². The topological polar surface area (TPSA) is 72.0 Å². The standard InChI is InChI=1S/C20H20N2O3/c1-13-8-9-18(23)16(13)10-17-14(2)21-19(22-20(17)24)12-25-11-15-6-4-3-5-7-15/h3-7,10H,1,8-9,11-12H2,2H3,(H,21,22,24). The molecule has 0 atom stereocenters. The first kappa shape index (κ1) is 17.0. The summed E-state index contributed by atoms with van der Waals surface area (Å²) < 4.78 is 5.61. The molecule has 128 valence electrons. The van der Waals surface area contributed by atoms with Crippen molar-refractivity contribution >= 4 is 11.9 Å². The van der Waals surface area contributed by atoms with Crippen LogP contribution in [0.25, 0.3) is 6.08 Å². The van der Waals surface area contributed by atoms with Crippen molar-refractivity contribution < 1.29 is 9.53 Å². The summed E-state index contributed by atoms with van der Waals surface area (Å²) in [6.45, 7) is 6.30. The molecular weight excluding hydrogens is 316 g/mol. The number of H-pyrrole nitrogens is 1. The normalized spacial score (nSPS) is 16.0. The van der Waals surface area contributed by atoms with E-state index in [1.165, 1.54) is 0 Å². The predicted octanol–water partition coefficient (Wildman–Crippen LogP) is 3.10. The highest BCUT2D eigenvalue weighted by molar-refractivity contribution is 6.06. The fourth-order valence-corrected chi connectivity index (χ4v) is 2.79. The van der Waals surface area contributed by atoms with Crippen molar-refractivity contribution in [2.24, 2.45) is 0 Å². The van der Waals surface area contributed by atoms with Gasteiger partial charge in [-0.05, 0) is 30.6 Å². The van der Waals surface area contributed by atoms with Gasteiger partial charge in [-0.15, -0.1) is 0 Å². The minimum atomic E-state index is -0.272. The summed E-state index contributed by atoms with van der Waals surface area (Å²) in [5.41, 5.74) is 3.06. The predicted molar refractivity (Wildman–Crippen MR) is 95.9 cm³/mol. The van der Waals surface area contributed by atoms with Gasteiger partial charge in [-0.3, -0.25) is 9.59 Å². The third-order valence-electron chi connectivity index (χ3n) is 4.17. The van der Waals surface area contributed by atoms with Gasteiger partial charge in [-0.1, -0.05) is 36.9 Å². The minimum Gasteiger partial charge on any atom is -0.369 e. The molecule has 25 heavy (non-hydrogen) atoms. The van der Waals surface area contributed by atoms with Crippen LogP contribution in [-0.2, 0) is 22.7 Å². The van der Waals surface area contributed by atoms with Gasteiger partial charge in [-0.2, -0.15) is 0 Å². The van der Waals surface area contributed by atoms with E-state index >= 15 is 0 Å². The van der Waals surface area contributed by atoms with E-state index < -0.39 is 0 Å². The third kappa shape index (κ3) is 4.00. The molecular formula is C20H20N2O3. The number of hydrogen-bond acceptors (Lipinski definition) is 4. The Kier molecular flexibility index (Phi) is 5.05. The van der Waals surface area contributed by atoms with Gasteiger partial charge in [0.2, 0.25) is 0 Å². The lowest BCUT2D eigenvalue weighted by molar-refractivity contribution is -0.114. The zero-order valence-electron chi connectivity index (χ0n) is 14.2. The van der Waals surface area contributed by atoms with Crippen LogP contribution in [0.2, 0.25) is 0 Å². The number of benzene rings is 1. The molecule has 1 heterocycles. The van der Waals surface area contributed by atoms with Gasteiger partial charge in [0.1, 0.15) is 12.4 Å². The number of ketones is 1. The minimum absolute atomic E-state index is 0.0269. The van der Waals surface area contributed by atoms with Gasteiger partial charge in [0.15, 0.2) is 5.78 Å². The van der Waals surface area contributed by atoms with E-state index in [0.29, 0.717) is 42.1 Å². The second-order valence-electron chi connectivity index (χ2n) is 6.07. The number of hydrogen-bond donors (Lipinski definition) is 1. The third-order valence-corrected chi connectivity index (χ3v) is 4.17. The molecule has 3 rings (SSSR count). The van der Waals surface area contributed by atoms with Crippen LogP contribution in [0, 0.1) is 6.92 Å². The maximum atomic E-state index is 12.4. The molecule has 0 bridgehead atoms. The fourth-order valence-electron chi connectivity index (χ4n) is 2.79. The van der Waals surface area contributed by atoms with Crippen LogP contribution in [-0.4, -0.2) is 15.8 Å². The van der Waals surface area contributed by atoms with Crippen LogP contribution in [0.4, 0.5) is 0 Å². The summed E-state index contributed by atoms with van der Waals surface area (Å²) in [7, 11) is 0. The maximum absolute atomic E-state index is 12.4. The molecule has 1 aliphatic rings. The molecule has 1 aromatic heterocycles. The summed E-state index contributed by atoms with van der Waals surface area (Å²) in [6, 6.07) is 9.79. The lowest BCUT2D eigenvalue weighted by atomic mass is 10.1. The SMILES string of the molecule is C=C1CCC(=O)C1=Cc1c(C)nc(COCc2ccccc2)[nH]c1=O. The molecule has 5 nitrogen and oxygen atoms in total. The van der Waals surface area contributed by atoms with E-state index in [9.17, 15) is 9.59 Å². The Balaban J connectivity index is 1.74. The summed E-state index contributed by atoms with van der Waals surface area (Å²) in [6.07, 6.45) is 2.72. The Hall–Kier alpha value is -2.79. The highest BCUT2D eigenvalue weighted by atomic mass is 16.5. The van der Waals surface area contributed by atoms with Crippen LogP contribution < -0.4 is 5.56 Å². The van der Waals surface area contributed by atoms with Crippen molar-refractivity contribution in [3.63, 3.8) is 0 Å². The average Bonchev–Trinajstić information content (AvgIpc) is 2.90. The van der Waals surface area contributed by atoms with Crippen molar-refractivity contribution in [1.82, 2.24) is 9.97 Å². The Bertz CT molecular complexity index is 877. The monoisotopic (exact) mass is 336 g/mol. The lowest BCUT2D eigenvalue weighted by Crippen LogP contribution is -2.17. The fraction of sp³-hybridized carbons (Fsp3) is 0.250. The molecule has 0 radical (unpaired) electrons. The lowest BCUT2D eigenvalue weighted by Gasteiger charge is -2.07. The first-order valence-electron chi connectivity index (χ1n) is 8.19. The number of aromatic nitrogens is 2. The van der Waals surface area contributed by atoms with Gasteiger partial charge in [0.25, 0.3) is 5.56 Å². The van der Waals surface area contributed by atoms with Gasteiger partial charge < -0.3 is 9.72 Å². The highest BCUT2D eigenvalue weighted by Gasteiger charge is 2.21. The Labute approximate surface area is 146 Å². The van der Waals surface area contributed by atoms with E-state index in [4.69, 9.17) is 4.74 Å². The van der Waals surface area contributed by atoms with Crippen LogP contribution in [0.15, 0.2) is 52.9 Å². The van der Waals surface area contributed by atoms with E-state index in [1.54, 1.807) is 13.0 Å². The van der Waals surface area contributed by atoms with Gasteiger partial charge in [0, 0.05) is 12.0 Å². The number of carbonyl (C=O) groups excluding carboxylic acids is 1. The van der Waals surface area contributed by atoms with E-state index in [1.807, 2.05) is 30.3 Å². The largest absolute Gasteiger partial charge is 0.369 e. The molecule has 1 aliphatic carbocycles.